The third-order valence-electron chi connectivity index (χ3n) is 2.50. The number of rotatable bonds is 3. The normalized spacial score (nSPS) is 10.3. The second-order valence-electron chi connectivity index (χ2n) is 3.89. The number of hydrogen-bond acceptors (Lipinski definition) is 3. The topological polar surface area (TPSA) is 62.2 Å². The maximum Gasteiger partial charge on any atom is 0.356 e. The van der Waals surface area contributed by atoms with Crippen LogP contribution in [0.4, 0.5) is 15.9 Å². The second kappa shape index (κ2) is 5.24. The molecule has 0 aliphatic carbocycles. The number of nitrogens with zero attached hydrogens (tertiary/aromatic N) is 1. The van der Waals surface area contributed by atoms with Crippen LogP contribution < -0.4 is 5.32 Å². The lowest BCUT2D eigenvalue weighted by Crippen LogP contribution is -2.05. The fraction of sp³-hybridized carbons (Fsp3) is 0.0769. The molecule has 2 aromatic rings. The summed E-state index contributed by atoms with van der Waals surface area (Å²) in [5.74, 6) is -1.43. The van der Waals surface area contributed by atoms with Crippen molar-refractivity contribution in [1.82, 2.24) is 4.98 Å². The van der Waals surface area contributed by atoms with Crippen molar-refractivity contribution in [2.24, 2.45) is 0 Å². The summed E-state index contributed by atoms with van der Waals surface area (Å²) in [4.78, 5) is 14.7. The first kappa shape index (κ1) is 13.3. The minimum atomic E-state index is -1.24. The van der Waals surface area contributed by atoms with Crippen LogP contribution >= 0.6 is 11.6 Å². The average Bonchev–Trinajstić information content (AvgIpc) is 2.37. The average molecular weight is 281 g/mol. The molecule has 0 aliphatic heterocycles. The monoisotopic (exact) mass is 280 g/mol. The van der Waals surface area contributed by atoms with E-state index in [1.807, 2.05) is 0 Å². The van der Waals surface area contributed by atoms with Crippen LogP contribution in [0.2, 0.25) is 5.02 Å². The summed E-state index contributed by atoms with van der Waals surface area (Å²) in [6.07, 6.45) is 0. The number of aromatic nitrogens is 1. The van der Waals surface area contributed by atoms with Crippen molar-refractivity contribution in [2.75, 3.05) is 5.32 Å². The number of carbonyl (C=O) groups is 1. The summed E-state index contributed by atoms with van der Waals surface area (Å²) in [7, 11) is 0. The van der Waals surface area contributed by atoms with Gasteiger partial charge in [0.2, 0.25) is 0 Å². The van der Waals surface area contributed by atoms with Gasteiger partial charge in [0.25, 0.3) is 0 Å². The number of carboxylic acid groups (broad SMARTS) is 1. The minimum absolute atomic E-state index is 0.0303. The Hall–Kier alpha value is -2.14. The van der Waals surface area contributed by atoms with E-state index in [1.54, 1.807) is 25.1 Å². The Bertz CT molecular complexity index is 647. The molecule has 19 heavy (non-hydrogen) atoms. The van der Waals surface area contributed by atoms with Gasteiger partial charge in [-0.05, 0) is 30.7 Å². The van der Waals surface area contributed by atoms with Gasteiger partial charge in [0.05, 0.1) is 10.7 Å². The Morgan fingerprint density at radius 2 is 2.11 bits per heavy atom. The van der Waals surface area contributed by atoms with Crippen LogP contribution in [0.5, 0.6) is 0 Å². The number of nitrogens with one attached hydrogen (secondary N) is 1. The third kappa shape index (κ3) is 2.82. The molecular formula is C13H10ClFN2O2. The maximum absolute atomic E-state index is 13.8. The summed E-state index contributed by atoms with van der Waals surface area (Å²) in [5, 5.41) is 11.7. The number of aryl methyl sites for hydroxylation is 1. The number of halogens is 2. The van der Waals surface area contributed by atoms with Crippen molar-refractivity contribution < 1.29 is 14.3 Å². The van der Waals surface area contributed by atoms with Crippen LogP contribution in [0.3, 0.4) is 0 Å². The molecule has 98 valence electrons. The summed E-state index contributed by atoms with van der Waals surface area (Å²) < 4.78 is 13.8. The van der Waals surface area contributed by atoms with Crippen molar-refractivity contribution in [1.29, 1.82) is 0 Å². The number of hydrogen-bond donors (Lipinski definition) is 2. The Morgan fingerprint density at radius 1 is 1.37 bits per heavy atom. The fourth-order valence-electron chi connectivity index (χ4n) is 1.54. The van der Waals surface area contributed by atoms with Gasteiger partial charge in [-0.15, -0.1) is 0 Å². The van der Waals surface area contributed by atoms with Crippen LogP contribution in [0.1, 0.15) is 16.1 Å². The zero-order valence-corrected chi connectivity index (χ0v) is 10.7. The van der Waals surface area contributed by atoms with Gasteiger partial charge < -0.3 is 10.4 Å². The number of carboxylic acids is 1. The second-order valence-corrected chi connectivity index (χ2v) is 4.30. The predicted octanol–water partition coefficient (Wildman–Crippen LogP) is 3.62. The van der Waals surface area contributed by atoms with Gasteiger partial charge in [-0.3, -0.25) is 0 Å². The summed E-state index contributed by atoms with van der Waals surface area (Å²) in [5.41, 5.74) is 0.434. The highest BCUT2D eigenvalue weighted by Gasteiger charge is 2.12. The van der Waals surface area contributed by atoms with Gasteiger partial charge in [0.15, 0.2) is 5.69 Å². The molecule has 0 saturated carbocycles. The quantitative estimate of drug-likeness (QED) is 0.901. The Labute approximate surface area is 113 Å². The summed E-state index contributed by atoms with van der Waals surface area (Å²) >= 11 is 5.71. The lowest BCUT2D eigenvalue weighted by molar-refractivity contribution is 0.0691. The molecule has 0 amide bonds. The van der Waals surface area contributed by atoms with Gasteiger partial charge in [-0.25, -0.2) is 14.2 Å². The summed E-state index contributed by atoms with van der Waals surface area (Å²) in [6, 6.07) is 7.75. The maximum atomic E-state index is 13.8. The standard InChI is InChI=1S/C13H10ClFN2O2/c1-7-3-2-4-9(11(7)15)16-10-6-5-8(14)12(17-10)13(18)19/h2-6H,1H3,(H,16,17)(H,18,19). The molecule has 0 aliphatic rings. The third-order valence-corrected chi connectivity index (χ3v) is 2.81. The highest BCUT2D eigenvalue weighted by atomic mass is 35.5. The first-order valence-corrected chi connectivity index (χ1v) is 5.79. The van der Waals surface area contributed by atoms with Gasteiger partial charge in [-0.1, -0.05) is 23.7 Å². The van der Waals surface area contributed by atoms with E-state index in [1.165, 1.54) is 12.1 Å². The molecule has 0 radical (unpaired) electrons. The molecule has 2 rings (SSSR count). The smallest absolute Gasteiger partial charge is 0.356 e. The molecule has 0 atom stereocenters. The minimum Gasteiger partial charge on any atom is -0.476 e. The van der Waals surface area contributed by atoms with E-state index < -0.39 is 11.8 Å². The highest BCUT2D eigenvalue weighted by molar-refractivity contribution is 6.33. The first-order chi connectivity index (χ1) is 8.99. The molecule has 6 heteroatoms. The van der Waals surface area contributed by atoms with Crippen molar-refractivity contribution in [3.05, 3.63) is 52.4 Å². The number of benzene rings is 1. The Morgan fingerprint density at radius 3 is 2.79 bits per heavy atom. The Kier molecular flexibility index (Phi) is 3.66. The van der Waals surface area contributed by atoms with Crippen molar-refractivity contribution in [3.8, 4) is 0 Å². The zero-order valence-electron chi connectivity index (χ0n) is 9.95. The van der Waals surface area contributed by atoms with Gasteiger partial charge in [0.1, 0.15) is 11.6 Å². The van der Waals surface area contributed by atoms with Crippen molar-refractivity contribution in [2.45, 2.75) is 6.92 Å². The van der Waals surface area contributed by atoms with E-state index in [0.717, 1.165) is 0 Å². The molecule has 2 N–H and O–H groups in total. The molecule has 0 saturated heterocycles. The van der Waals surface area contributed by atoms with Crippen LogP contribution in [0.25, 0.3) is 0 Å². The molecular weight excluding hydrogens is 271 g/mol. The van der Waals surface area contributed by atoms with Gasteiger partial charge >= 0.3 is 5.97 Å². The lowest BCUT2D eigenvalue weighted by Gasteiger charge is -2.09. The fourth-order valence-corrected chi connectivity index (χ4v) is 1.73. The first-order valence-electron chi connectivity index (χ1n) is 5.41. The van der Waals surface area contributed by atoms with E-state index in [-0.39, 0.29) is 22.2 Å². The van der Waals surface area contributed by atoms with Gasteiger partial charge in [-0.2, -0.15) is 0 Å². The zero-order chi connectivity index (χ0) is 14.0. The predicted molar refractivity (Wildman–Crippen MR) is 70.6 cm³/mol. The largest absolute Gasteiger partial charge is 0.476 e. The molecule has 1 heterocycles. The molecule has 4 nitrogen and oxygen atoms in total. The number of aromatic carboxylic acids is 1. The van der Waals surface area contributed by atoms with E-state index in [2.05, 4.69) is 10.3 Å². The van der Waals surface area contributed by atoms with Crippen LogP contribution in [-0.4, -0.2) is 16.1 Å². The van der Waals surface area contributed by atoms with Crippen LogP contribution in [-0.2, 0) is 0 Å². The molecule has 0 bridgehead atoms. The van der Waals surface area contributed by atoms with E-state index in [0.29, 0.717) is 5.56 Å². The van der Waals surface area contributed by atoms with Crippen molar-refractivity contribution in [3.63, 3.8) is 0 Å². The van der Waals surface area contributed by atoms with E-state index >= 15 is 0 Å². The van der Waals surface area contributed by atoms with Crippen LogP contribution in [0, 0.1) is 12.7 Å². The molecule has 0 fully saturated rings. The molecule has 1 aromatic carbocycles. The van der Waals surface area contributed by atoms with Crippen molar-refractivity contribution >= 4 is 29.1 Å². The van der Waals surface area contributed by atoms with E-state index in [4.69, 9.17) is 16.7 Å². The Balaban J connectivity index is 2.36. The SMILES string of the molecule is Cc1cccc(Nc2ccc(Cl)c(C(=O)O)n2)c1F. The summed E-state index contributed by atoms with van der Waals surface area (Å²) in [6.45, 7) is 1.64. The molecule has 0 spiro atoms. The van der Waals surface area contributed by atoms with E-state index in [9.17, 15) is 9.18 Å². The number of anilines is 2. The van der Waals surface area contributed by atoms with Gasteiger partial charge in [0, 0.05) is 0 Å². The lowest BCUT2D eigenvalue weighted by atomic mass is 10.2. The highest BCUT2D eigenvalue weighted by Crippen LogP contribution is 2.23. The van der Waals surface area contributed by atoms with Crippen LogP contribution in [0.15, 0.2) is 30.3 Å². The molecule has 0 unspecified atom stereocenters. The molecule has 1 aromatic heterocycles. The number of pyridine rings is 1.